The molecule has 0 saturated carbocycles. The number of sulfone groups is 1. The number of amides is 1. The second-order valence-electron chi connectivity index (χ2n) is 8.22. The summed E-state index contributed by atoms with van der Waals surface area (Å²) in [6.07, 6.45) is 2.80. The highest BCUT2D eigenvalue weighted by atomic mass is 32.2. The number of hydrogen-bond donors (Lipinski definition) is 3. The van der Waals surface area contributed by atoms with E-state index in [0.717, 1.165) is 22.9 Å². The van der Waals surface area contributed by atoms with Crippen LogP contribution in [-0.4, -0.2) is 72.1 Å². The molecule has 0 bridgehead atoms. The molecular formula is C24H28N4O6S. The van der Waals surface area contributed by atoms with Gasteiger partial charge in [-0.25, -0.2) is 8.42 Å². The first kappa shape index (κ1) is 26.0. The van der Waals surface area contributed by atoms with Crippen LogP contribution in [0.4, 0.5) is 0 Å². The van der Waals surface area contributed by atoms with Crippen molar-refractivity contribution in [3.8, 4) is 11.1 Å². The van der Waals surface area contributed by atoms with Gasteiger partial charge in [-0.1, -0.05) is 59.8 Å². The van der Waals surface area contributed by atoms with Gasteiger partial charge in [0.1, 0.15) is 12.3 Å². The highest BCUT2D eigenvalue weighted by Gasteiger charge is 2.26. The smallest absolute Gasteiger partial charge is 0.311 e. The Labute approximate surface area is 203 Å². The lowest BCUT2D eigenvalue weighted by Crippen LogP contribution is -2.40. The van der Waals surface area contributed by atoms with E-state index in [0.29, 0.717) is 6.42 Å². The van der Waals surface area contributed by atoms with E-state index in [1.807, 2.05) is 54.6 Å². The molecule has 2 atom stereocenters. The van der Waals surface area contributed by atoms with E-state index in [4.69, 9.17) is 4.74 Å². The number of rotatable bonds is 12. The van der Waals surface area contributed by atoms with E-state index in [2.05, 4.69) is 20.7 Å². The minimum atomic E-state index is -3.29. The van der Waals surface area contributed by atoms with Gasteiger partial charge in [0, 0.05) is 12.3 Å². The topological polar surface area (TPSA) is 151 Å². The molecule has 0 fully saturated rings. The maximum Gasteiger partial charge on any atom is 0.311 e. The van der Waals surface area contributed by atoms with Gasteiger partial charge >= 0.3 is 5.97 Å². The summed E-state index contributed by atoms with van der Waals surface area (Å²) in [6, 6.07) is 17.2. The second kappa shape index (κ2) is 12.2. The van der Waals surface area contributed by atoms with E-state index in [1.165, 1.54) is 6.20 Å². The molecule has 1 amide bonds. The molecule has 2 aromatic carbocycles. The van der Waals surface area contributed by atoms with Crippen molar-refractivity contribution in [3.63, 3.8) is 0 Å². The zero-order valence-electron chi connectivity index (χ0n) is 19.3. The summed E-state index contributed by atoms with van der Waals surface area (Å²) >= 11 is 0. The molecule has 1 heterocycles. The maximum absolute atomic E-state index is 12.6. The van der Waals surface area contributed by atoms with Gasteiger partial charge in [0.25, 0.3) is 5.91 Å². The zero-order valence-corrected chi connectivity index (χ0v) is 20.1. The summed E-state index contributed by atoms with van der Waals surface area (Å²) in [6.45, 7) is -0.811. The fraction of sp³-hybridized carbons (Fsp3) is 0.333. The number of aromatic nitrogens is 3. The van der Waals surface area contributed by atoms with E-state index in [9.17, 15) is 23.1 Å². The molecule has 0 spiro atoms. The van der Waals surface area contributed by atoms with Crippen LogP contribution in [-0.2, 0) is 25.8 Å². The van der Waals surface area contributed by atoms with Crippen LogP contribution >= 0.6 is 0 Å². The predicted octanol–water partition coefficient (Wildman–Crippen LogP) is 1.40. The highest BCUT2D eigenvalue weighted by Crippen LogP contribution is 2.21. The summed E-state index contributed by atoms with van der Waals surface area (Å²) in [4.78, 5) is 25.0. The first-order valence-electron chi connectivity index (χ1n) is 11.0. The standard InChI is InChI=1S/C24H28N4O6S/c1-35(32,33)12-11-34-24(31)20(16-29)14-21(26-23(30)22-15-25-28-27-22)13-17-7-9-19(10-8-17)18-5-3-2-4-6-18/h2-10,15,20-21,29H,11-14,16H2,1H3,(H,26,30)(H,25,27,28)/t20-,21+/m0/s1. The summed E-state index contributed by atoms with van der Waals surface area (Å²) in [7, 11) is -3.29. The van der Waals surface area contributed by atoms with Crippen LogP contribution in [0.15, 0.2) is 60.8 Å². The van der Waals surface area contributed by atoms with Crippen LogP contribution in [0.3, 0.4) is 0 Å². The van der Waals surface area contributed by atoms with Crippen molar-refractivity contribution >= 4 is 21.7 Å². The molecule has 0 radical (unpaired) electrons. The number of aliphatic hydroxyl groups excluding tert-OH is 1. The monoisotopic (exact) mass is 500 g/mol. The average Bonchev–Trinajstić information content (AvgIpc) is 3.38. The van der Waals surface area contributed by atoms with Crippen LogP contribution < -0.4 is 5.32 Å². The Bertz CT molecular complexity index is 1200. The summed E-state index contributed by atoms with van der Waals surface area (Å²) in [5.74, 6) is -2.43. The zero-order chi connectivity index (χ0) is 25.3. The van der Waals surface area contributed by atoms with Crippen LogP contribution in [0.2, 0.25) is 0 Å². The van der Waals surface area contributed by atoms with E-state index >= 15 is 0 Å². The predicted molar refractivity (Wildman–Crippen MR) is 129 cm³/mol. The third kappa shape index (κ3) is 8.30. The summed E-state index contributed by atoms with van der Waals surface area (Å²) in [5.41, 5.74) is 3.19. The molecule has 0 saturated heterocycles. The first-order chi connectivity index (χ1) is 16.7. The van der Waals surface area contributed by atoms with Gasteiger partial charge < -0.3 is 15.2 Å². The largest absolute Gasteiger partial charge is 0.464 e. The molecule has 35 heavy (non-hydrogen) atoms. The number of esters is 1. The molecule has 11 heteroatoms. The van der Waals surface area contributed by atoms with E-state index in [-0.39, 0.29) is 24.5 Å². The Hall–Kier alpha value is -3.57. The fourth-order valence-electron chi connectivity index (χ4n) is 3.51. The molecular weight excluding hydrogens is 472 g/mol. The van der Waals surface area contributed by atoms with Crippen LogP contribution in [0.25, 0.3) is 11.1 Å². The number of hydrogen-bond acceptors (Lipinski definition) is 8. The molecule has 0 aliphatic rings. The summed E-state index contributed by atoms with van der Waals surface area (Å²) < 4.78 is 27.6. The van der Waals surface area contributed by atoms with Gasteiger partial charge in [0.15, 0.2) is 9.84 Å². The van der Waals surface area contributed by atoms with Crippen molar-refractivity contribution in [1.29, 1.82) is 0 Å². The minimum Gasteiger partial charge on any atom is -0.464 e. The molecule has 186 valence electrons. The normalized spacial score (nSPS) is 13.1. The lowest BCUT2D eigenvalue weighted by molar-refractivity contribution is -0.149. The summed E-state index contributed by atoms with van der Waals surface area (Å²) in [5, 5.41) is 22.3. The number of aromatic amines is 1. The van der Waals surface area contributed by atoms with Crippen LogP contribution in [0.1, 0.15) is 22.5 Å². The van der Waals surface area contributed by atoms with Gasteiger partial charge in [-0.05, 0) is 29.5 Å². The molecule has 0 aliphatic carbocycles. The van der Waals surface area contributed by atoms with Crippen molar-refractivity contribution < 1.29 is 27.9 Å². The number of nitrogens with zero attached hydrogens (tertiary/aromatic N) is 2. The molecule has 1 aromatic heterocycles. The molecule has 3 aromatic rings. The third-order valence-corrected chi connectivity index (χ3v) is 6.27. The molecule has 3 rings (SSSR count). The number of aliphatic hydroxyl groups is 1. The first-order valence-corrected chi connectivity index (χ1v) is 13.1. The highest BCUT2D eigenvalue weighted by molar-refractivity contribution is 7.90. The van der Waals surface area contributed by atoms with Gasteiger partial charge in [-0.3, -0.25) is 14.7 Å². The number of ether oxygens (including phenoxy) is 1. The Balaban J connectivity index is 1.71. The lowest BCUT2D eigenvalue weighted by Gasteiger charge is -2.23. The SMILES string of the molecule is CS(=O)(=O)CCOC(=O)[C@H](CO)C[C@@H](Cc1ccc(-c2ccccc2)cc1)NC(=O)c1cnn[nH]1. The van der Waals surface area contributed by atoms with Gasteiger partial charge in [0.2, 0.25) is 0 Å². The van der Waals surface area contributed by atoms with E-state index in [1.54, 1.807) is 0 Å². The molecule has 0 aliphatic heterocycles. The quantitative estimate of drug-likeness (QED) is 0.316. The van der Waals surface area contributed by atoms with Crippen molar-refractivity contribution in [2.75, 3.05) is 25.2 Å². The minimum absolute atomic E-state index is 0.0853. The number of nitrogens with one attached hydrogen (secondary N) is 2. The van der Waals surface area contributed by atoms with Crippen LogP contribution in [0, 0.1) is 5.92 Å². The number of carbonyl (C=O) groups is 2. The van der Waals surface area contributed by atoms with E-state index < -0.39 is 40.3 Å². The maximum atomic E-state index is 12.6. The van der Waals surface area contributed by atoms with Crippen molar-refractivity contribution in [3.05, 3.63) is 72.1 Å². The number of benzene rings is 2. The van der Waals surface area contributed by atoms with Crippen molar-refractivity contribution in [2.24, 2.45) is 5.92 Å². The molecule has 0 unspecified atom stereocenters. The van der Waals surface area contributed by atoms with Gasteiger partial charge in [0.05, 0.1) is 24.5 Å². The van der Waals surface area contributed by atoms with Gasteiger partial charge in [-0.15, -0.1) is 5.10 Å². The number of carbonyl (C=O) groups excluding carboxylic acids is 2. The second-order valence-corrected chi connectivity index (χ2v) is 10.5. The Morgan fingerprint density at radius 3 is 2.37 bits per heavy atom. The Morgan fingerprint density at radius 1 is 1.09 bits per heavy atom. The van der Waals surface area contributed by atoms with Gasteiger partial charge in [-0.2, -0.15) is 0 Å². The van der Waals surface area contributed by atoms with Crippen LogP contribution in [0.5, 0.6) is 0 Å². The average molecular weight is 501 g/mol. The van der Waals surface area contributed by atoms with Crippen molar-refractivity contribution in [1.82, 2.24) is 20.7 Å². The Kier molecular flexibility index (Phi) is 9.10. The molecule has 10 nitrogen and oxygen atoms in total. The number of H-pyrrole nitrogens is 1. The fourth-order valence-corrected chi connectivity index (χ4v) is 3.90. The van der Waals surface area contributed by atoms with Crippen molar-refractivity contribution in [2.45, 2.75) is 18.9 Å². The Morgan fingerprint density at radius 2 is 1.77 bits per heavy atom. The lowest BCUT2D eigenvalue weighted by atomic mass is 9.94. The molecule has 3 N–H and O–H groups in total. The third-order valence-electron chi connectivity index (χ3n) is 5.36.